The molecular weight excluding hydrogens is 372 g/mol. The first kappa shape index (κ1) is 18.8. The van der Waals surface area contributed by atoms with Crippen molar-refractivity contribution in [3.8, 4) is 0 Å². The maximum absolute atomic E-state index is 12.2. The highest BCUT2D eigenvalue weighted by Gasteiger charge is 2.17. The SMILES string of the molecule is CN(C)S(=O)(=O)Nc1ccc(NCCO)nc1Nc1ccc2n[nH]nc2c1. The lowest BCUT2D eigenvalue weighted by Gasteiger charge is -2.17. The molecule has 0 aliphatic rings. The second-order valence-corrected chi connectivity index (χ2v) is 7.67. The molecule has 3 aromatic rings. The Kier molecular flexibility index (Phi) is 5.39. The molecule has 27 heavy (non-hydrogen) atoms. The van der Waals surface area contributed by atoms with Gasteiger partial charge in [-0.2, -0.15) is 28.1 Å². The third-order valence-electron chi connectivity index (χ3n) is 3.61. The summed E-state index contributed by atoms with van der Waals surface area (Å²) in [6.07, 6.45) is 0. The monoisotopic (exact) mass is 392 g/mol. The largest absolute Gasteiger partial charge is 0.395 e. The topological polar surface area (TPSA) is 148 Å². The van der Waals surface area contributed by atoms with E-state index in [1.54, 1.807) is 30.3 Å². The van der Waals surface area contributed by atoms with Crippen LogP contribution >= 0.6 is 0 Å². The predicted molar refractivity (Wildman–Crippen MR) is 103 cm³/mol. The Morgan fingerprint density at radius 2 is 1.93 bits per heavy atom. The van der Waals surface area contributed by atoms with E-state index in [2.05, 4.69) is 35.8 Å². The van der Waals surface area contributed by atoms with Crippen LogP contribution in [0.2, 0.25) is 0 Å². The minimum Gasteiger partial charge on any atom is -0.395 e. The average molecular weight is 392 g/mol. The Balaban J connectivity index is 1.95. The van der Waals surface area contributed by atoms with Gasteiger partial charge in [-0.15, -0.1) is 0 Å². The van der Waals surface area contributed by atoms with Crippen molar-refractivity contribution >= 4 is 44.3 Å². The van der Waals surface area contributed by atoms with Crippen molar-refractivity contribution in [1.82, 2.24) is 24.7 Å². The molecule has 0 radical (unpaired) electrons. The molecule has 12 heteroatoms. The van der Waals surface area contributed by atoms with E-state index >= 15 is 0 Å². The normalized spacial score (nSPS) is 11.7. The number of aromatic amines is 1. The van der Waals surface area contributed by atoms with Gasteiger partial charge in [0.2, 0.25) is 0 Å². The van der Waals surface area contributed by atoms with Crippen molar-refractivity contribution in [2.45, 2.75) is 0 Å². The predicted octanol–water partition coefficient (Wildman–Crippen LogP) is 0.719. The Hall–Kier alpha value is -2.96. The number of nitrogens with one attached hydrogen (secondary N) is 4. The van der Waals surface area contributed by atoms with E-state index < -0.39 is 10.2 Å². The van der Waals surface area contributed by atoms with E-state index in [1.165, 1.54) is 14.1 Å². The molecule has 144 valence electrons. The van der Waals surface area contributed by atoms with Gasteiger partial charge in [-0.05, 0) is 30.3 Å². The number of benzene rings is 1. The fourth-order valence-electron chi connectivity index (χ4n) is 2.20. The molecule has 0 saturated heterocycles. The lowest BCUT2D eigenvalue weighted by Crippen LogP contribution is -2.29. The Labute approximate surface area is 156 Å². The van der Waals surface area contributed by atoms with Crippen molar-refractivity contribution in [3.63, 3.8) is 0 Å². The van der Waals surface area contributed by atoms with Gasteiger partial charge in [0.1, 0.15) is 16.9 Å². The molecule has 3 rings (SSSR count). The van der Waals surface area contributed by atoms with Gasteiger partial charge in [0.15, 0.2) is 5.82 Å². The maximum Gasteiger partial charge on any atom is 0.301 e. The van der Waals surface area contributed by atoms with E-state index in [1.807, 2.05) is 0 Å². The number of H-pyrrole nitrogens is 1. The quantitative estimate of drug-likeness (QED) is 0.377. The zero-order valence-electron chi connectivity index (χ0n) is 14.8. The minimum atomic E-state index is -3.71. The molecule has 0 atom stereocenters. The van der Waals surface area contributed by atoms with Gasteiger partial charge in [0, 0.05) is 26.3 Å². The number of pyridine rings is 1. The van der Waals surface area contributed by atoms with Crippen LogP contribution in [0.15, 0.2) is 30.3 Å². The van der Waals surface area contributed by atoms with E-state index in [9.17, 15) is 8.42 Å². The van der Waals surface area contributed by atoms with E-state index in [0.29, 0.717) is 34.9 Å². The van der Waals surface area contributed by atoms with Crippen LogP contribution in [0.3, 0.4) is 0 Å². The van der Waals surface area contributed by atoms with Gasteiger partial charge < -0.3 is 15.7 Å². The molecule has 0 spiro atoms. The molecule has 11 nitrogen and oxygen atoms in total. The van der Waals surface area contributed by atoms with Gasteiger partial charge in [-0.1, -0.05) is 0 Å². The van der Waals surface area contributed by atoms with E-state index in [-0.39, 0.29) is 12.3 Å². The summed E-state index contributed by atoms with van der Waals surface area (Å²) >= 11 is 0. The number of fused-ring (bicyclic) bond motifs is 1. The first-order valence-corrected chi connectivity index (χ1v) is 9.46. The summed E-state index contributed by atoms with van der Waals surface area (Å²) < 4.78 is 27.9. The first-order valence-electron chi connectivity index (χ1n) is 8.02. The summed E-state index contributed by atoms with van der Waals surface area (Å²) in [7, 11) is -0.848. The third kappa shape index (κ3) is 4.42. The summed E-state index contributed by atoms with van der Waals surface area (Å²) in [6.45, 7) is 0.266. The first-order chi connectivity index (χ1) is 12.9. The number of anilines is 4. The molecule has 2 aromatic heterocycles. The van der Waals surface area contributed by atoms with Crippen molar-refractivity contribution < 1.29 is 13.5 Å². The summed E-state index contributed by atoms with van der Waals surface area (Å²) in [5.41, 5.74) is 2.30. The highest BCUT2D eigenvalue weighted by atomic mass is 32.2. The molecule has 1 aromatic carbocycles. The number of aliphatic hydroxyl groups is 1. The minimum absolute atomic E-state index is 0.0533. The zero-order chi connectivity index (χ0) is 19.4. The highest BCUT2D eigenvalue weighted by Crippen LogP contribution is 2.27. The summed E-state index contributed by atoms with van der Waals surface area (Å²) in [5.74, 6) is 0.785. The molecule has 0 amide bonds. The Morgan fingerprint density at radius 1 is 1.15 bits per heavy atom. The second-order valence-electron chi connectivity index (χ2n) is 5.78. The van der Waals surface area contributed by atoms with Crippen molar-refractivity contribution in [3.05, 3.63) is 30.3 Å². The molecule has 0 fully saturated rings. The summed E-state index contributed by atoms with van der Waals surface area (Å²) in [6, 6.07) is 8.53. The summed E-state index contributed by atoms with van der Waals surface area (Å²) in [5, 5.41) is 25.6. The lowest BCUT2D eigenvalue weighted by molar-refractivity contribution is 0.311. The van der Waals surface area contributed by atoms with Crippen LogP contribution in [0, 0.1) is 0 Å². The van der Waals surface area contributed by atoms with Crippen LogP contribution in [0.25, 0.3) is 11.0 Å². The second kappa shape index (κ2) is 7.73. The number of aromatic nitrogens is 4. The standard InChI is InChI=1S/C15H20N8O3S/c1-23(2)27(25,26)21-12-5-6-14(16-7-8-24)18-15(12)17-10-3-4-11-13(9-10)20-22-19-11/h3-6,9,21,24H,7-8H2,1-2H3,(H2,16,17,18)(H,19,20,22). The molecule has 0 aliphatic heterocycles. The van der Waals surface area contributed by atoms with Gasteiger partial charge in [0.05, 0.1) is 12.3 Å². The molecule has 0 unspecified atom stereocenters. The number of aliphatic hydroxyl groups excluding tert-OH is 1. The Morgan fingerprint density at radius 3 is 2.67 bits per heavy atom. The highest BCUT2D eigenvalue weighted by molar-refractivity contribution is 7.90. The molecule has 0 bridgehead atoms. The molecule has 0 saturated carbocycles. The average Bonchev–Trinajstić information content (AvgIpc) is 3.09. The van der Waals surface area contributed by atoms with E-state index in [4.69, 9.17) is 5.11 Å². The van der Waals surface area contributed by atoms with Crippen molar-refractivity contribution in [2.75, 3.05) is 42.6 Å². The third-order valence-corrected chi connectivity index (χ3v) is 5.05. The van der Waals surface area contributed by atoms with Crippen LogP contribution in [0.5, 0.6) is 0 Å². The molecule has 0 aliphatic carbocycles. The van der Waals surface area contributed by atoms with Gasteiger partial charge in [0.25, 0.3) is 0 Å². The smallest absolute Gasteiger partial charge is 0.301 e. The fourth-order valence-corrected chi connectivity index (χ4v) is 2.83. The van der Waals surface area contributed by atoms with Crippen molar-refractivity contribution in [1.29, 1.82) is 0 Å². The van der Waals surface area contributed by atoms with Crippen LogP contribution < -0.4 is 15.4 Å². The fraction of sp³-hybridized carbons (Fsp3) is 0.267. The lowest BCUT2D eigenvalue weighted by atomic mass is 10.2. The van der Waals surface area contributed by atoms with Gasteiger partial charge in [-0.25, -0.2) is 4.98 Å². The molecule has 2 heterocycles. The van der Waals surface area contributed by atoms with Crippen LogP contribution in [-0.2, 0) is 10.2 Å². The molecule has 5 N–H and O–H groups in total. The van der Waals surface area contributed by atoms with Crippen LogP contribution in [0.4, 0.5) is 23.0 Å². The number of hydrogen-bond acceptors (Lipinski definition) is 8. The van der Waals surface area contributed by atoms with Gasteiger partial charge in [-0.3, -0.25) is 4.72 Å². The summed E-state index contributed by atoms with van der Waals surface area (Å²) in [4.78, 5) is 4.39. The zero-order valence-corrected chi connectivity index (χ0v) is 15.6. The maximum atomic E-state index is 12.2. The van der Waals surface area contributed by atoms with Crippen LogP contribution in [0.1, 0.15) is 0 Å². The molecular formula is C15H20N8O3S. The Bertz CT molecular complexity index is 1030. The van der Waals surface area contributed by atoms with Gasteiger partial charge >= 0.3 is 10.2 Å². The number of rotatable bonds is 8. The van der Waals surface area contributed by atoms with Crippen molar-refractivity contribution in [2.24, 2.45) is 0 Å². The number of nitrogens with zero attached hydrogens (tertiary/aromatic N) is 4. The van der Waals surface area contributed by atoms with E-state index in [0.717, 1.165) is 4.31 Å². The van der Waals surface area contributed by atoms with Crippen LogP contribution in [-0.4, -0.2) is 65.5 Å². The number of hydrogen-bond donors (Lipinski definition) is 5.